The second kappa shape index (κ2) is 22.9. The number of aliphatic hydroxyl groups is 1. The van der Waals surface area contributed by atoms with Gasteiger partial charge in [0.25, 0.3) is 0 Å². The maximum Gasteiger partial charge on any atom is 0.0897 e. The van der Waals surface area contributed by atoms with Crippen LogP contribution in [0.4, 0.5) is 0 Å². The van der Waals surface area contributed by atoms with Crippen molar-refractivity contribution < 1.29 is 9.84 Å². The molecule has 0 aromatic rings. The highest BCUT2D eigenvalue weighted by Crippen LogP contribution is 2.10. The molecule has 1 atom stereocenters. The van der Waals surface area contributed by atoms with E-state index in [-0.39, 0.29) is 6.10 Å². The summed E-state index contributed by atoms with van der Waals surface area (Å²) < 4.78 is 5.60. The highest BCUT2D eigenvalue weighted by molar-refractivity contribution is 4.59. The molecule has 3 heteroatoms. The lowest BCUT2D eigenvalue weighted by molar-refractivity contribution is 0.0355. The molecule has 0 bridgehead atoms. The van der Waals surface area contributed by atoms with Gasteiger partial charge < -0.3 is 15.2 Å². The molecule has 0 rings (SSSR count). The van der Waals surface area contributed by atoms with E-state index in [1.54, 1.807) is 0 Å². The van der Waals surface area contributed by atoms with Crippen LogP contribution in [-0.2, 0) is 4.74 Å². The van der Waals surface area contributed by atoms with Crippen LogP contribution in [0.25, 0.3) is 0 Å². The third-order valence-electron chi connectivity index (χ3n) is 5.04. The van der Waals surface area contributed by atoms with E-state index in [4.69, 9.17) is 4.74 Å². The van der Waals surface area contributed by atoms with Gasteiger partial charge in [0.1, 0.15) is 0 Å². The normalized spacial score (nSPS) is 12.6. The molecule has 0 fully saturated rings. The fraction of sp³-hybridized carbons (Fsp3) is 1.00. The van der Waals surface area contributed by atoms with E-state index in [1.165, 1.54) is 96.3 Å². The second-order valence-electron chi connectivity index (χ2n) is 7.88. The van der Waals surface area contributed by atoms with Crippen molar-refractivity contribution in [1.82, 2.24) is 5.32 Å². The molecule has 3 nitrogen and oxygen atoms in total. The van der Waals surface area contributed by atoms with Crippen molar-refractivity contribution in [3.63, 3.8) is 0 Å². The van der Waals surface area contributed by atoms with Gasteiger partial charge in [0.2, 0.25) is 0 Å². The van der Waals surface area contributed by atoms with Gasteiger partial charge in [0.15, 0.2) is 0 Å². The lowest BCUT2D eigenvalue weighted by atomic mass is 10.1. The molecular formula is C23H49NO2. The van der Waals surface area contributed by atoms with Crippen molar-refractivity contribution in [2.75, 3.05) is 26.3 Å². The number of hydrogen-bond donors (Lipinski definition) is 2. The maximum absolute atomic E-state index is 9.90. The third kappa shape index (κ3) is 21.9. The Hall–Kier alpha value is -0.120. The maximum atomic E-state index is 9.90. The first kappa shape index (κ1) is 25.9. The summed E-state index contributed by atoms with van der Waals surface area (Å²) in [6.45, 7) is 7.47. The third-order valence-corrected chi connectivity index (χ3v) is 5.04. The Morgan fingerprint density at radius 2 is 1.12 bits per heavy atom. The van der Waals surface area contributed by atoms with Crippen LogP contribution < -0.4 is 5.32 Å². The van der Waals surface area contributed by atoms with E-state index in [2.05, 4.69) is 19.2 Å². The van der Waals surface area contributed by atoms with Gasteiger partial charge in [-0.1, -0.05) is 104 Å². The Bertz CT molecular complexity index is 248. The molecule has 2 N–H and O–H groups in total. The molecule has 0 heterocycles. The van der Waals surface area contributed by atoms with Gasteiger partial charge in [-0.15, -0.1) is 0 Å². The van der Waals surface area contributed by atoms with Crippen LogP contribution in [0.5, 0.6) is 0 Å². The SMILES string of the molecule is CCCCCCCCCCCCOCC(O)CNCCCCCCCC. The van der Waals surface area contributed by atoms with Gasteiger partial charge in [0.05, 0.1) is 12.7 Å². The number of hydrogen-bond acceptors (Lipinski definition) is 3. The number of ether oxygens (including phenoxy) is 1. The predicted octanol–water partition coefficient (Wildman–Crippen LogP) is 6.23. The van der Waals surface area contributed by atoms with Gasteiger partial charge in [-0.25, -0.2) is 0 Å². The lowest BCUT2D eigenvalue weighted by Crippen LogP contribution is -2.31. The zero-order chi connectivity index (χ0) is 19.1. The summed E-state index contributed by atoms with van der Waals surface area (Å²) in [5.74, 6) is 0. The molecule has 0 saturated heterocycles. The van der Waals surface area contributed by atoms with E-state index in [1.807, 2.05) is 0 Å². The molecule has 0 aromatic heterocycles. The first-order chi connectivity index (χ1) is 12.8. The Kier molecular flexibility index (Phi) is 22.8. The monoisotopic (exact) mass is 371 g/mol. The van der Waals surface area contributed by atoms with Gasteiger partial charge in [-0.3, -0.25) is 0 Å². The van der Waals surface area contributed by atoms with Crippen LogP contribution in [0.15, 0.2) is 0 Å². The summed E-state index contributed by atoms with van der Waals surface area (Å²) in [4.78, 5) is 0. The minimum atomic E-state index is -0.363. The van der Waals surface area contributed by atoms with Crippen LogP contribution in [0, 0.1) is 0 Å². The number of nitrogens with one attached hydrogen (secondary N) is 1. The number of unbranched alkanes of at least 4 members (excludes halogenated alkanes) is 14. The fourth-order valence-corrected chi connectivity index (χ4v) is 3.27. The summed E-state index contributed by atoms with van der Waals surface area (Å²) >= 11 is 0. The van der Waals surface area contributed by atoms with Crippen LogP contribution >= 0.6 is 0 Å². The molecule has 26 heavy (non-hydrogen) atoms. The number of aliphatic hydroxyl groups excluding tert-OH is 1. The topological polar surface area (TPSA) is 41.5 Å². The molecule has 1 unspecified atom stereocenters. The molecule has 0 aromatic carbocycles. The van der Waals surface area contributed by atoms with Crippen molar-refractivity contribution >= 4 is 0 Å². The average Bonchev–Trinajstić information content (AvgIpc) is 2.65. The Balaban J connectivity index is 3.11. The zero-order valence-corrected chi connectivity index (χ0v) is 18.1. The minimum Gasteiger partial charge on any atom is -0.389 e. The summed E-state index contributed by atoms with van der Waals surface area (Å²) in [6.07, 6.45) is 21.0. The van der Waals surface area contributed by atoms with Crippen molar-refractivity contribution in [1.29, 1.82) is 0 Å². The van der Waals surface area contributed by atoms with E-state index in [9.17, 15) is 5.11 Å². The van der Waals surface area contributed by atoms with Crippen molar-refractivity contribution in [2.45, 2.75) is 123 Å². The number of rotatable bonds is 22. The van der Waals surface area contributed by atoms with E-state index in [0.29, 0.717) is 13.2 Å². The molecule has 158 valence electrons. The van der Waals surface area contributed by atoms with Crippen LogP contribution in [-0.4, -0.2) is 37.5 Å². The Morgan fingerprint density at radius 1 is 0.654 bits per heavy atom. The fourth-order valence-electron chi connectivity index (χ4n) is 3.27. The molecule has 0 radical (unpaired) electrons. The van der Waals surface area contributed by atoms with Gasteiger partial charge in [-0.2, -0.15) is 0 Å². The second-order valence-corrected chi connectivity index (χ2v) is 7.88. The minimum absolute atomic E-state index is 0.363. The average molecular weight is 372 g/mol. The summed E-state index contributed by atoms with van der Waals surface area (Å²) in [5.41, 5.74) is 0. The largest absolute Gasteiger partial charge is 0.389 e. The molecule has 0 aliphatic heterocycles. The Morgan fingerprint density at radius 3 is 1.65 bits per heavy atom. The van der Waals surface area contributed by atoms with Gasteiger partial charge in [-0.05, 0) is 19.4 Å². The molecule has 0 aliphatic carbocycles. The first-order valence-corrected chi connectivity index (χ1v) is 11.8. The Labute approximate surface area is 164 Å². The van der Waals surface area contributed by atoms with Gasteiger partial charge in [0, 0.05) is 13.2 Å². The summed E-state index contributed by atoms with van der Waals surface area (Å²) in [5, 5.41) is 13.2. The van der Waals surface area contributed by atoms with Gasteiger partial charge >= 0.3 is 0 Å². The van der Waals surface area contributed by atoms with Crippen LogP contribution in [0.3, 0.4) is 0 Å². The molecule has 0 amide bonds. The highest BCUT2D eigenvalue weighted by atomic mass is 16.5. The van der Waals surface area contributed by atoms with Crippen molar-refractivity contribution in [2.24, 2.45) is 0 Å². The predicted molar refractivity (Wildman–Crippen MR) is 115 cm³/mol. The van der Waals surface area contributed by atoms with Crippen molar-refractivity contribution in [3.8, 4) is 0 Å². The van der Waals surface area contributed by atoms with E-state index < -0.39 is 0 Å². The quantitative estimate of drug-likeness (QED) is 0.221. The molecule has 0 spiro atoms. The molecule has 0 saturated carbocycles. The van der Waals surface area contributed by atoms with Crippen molar-refractivity contribution in [3.05, 3.63) is 0 Å². The zero-order valence-electron chi connectivity index (χ0n) is 18.1. The highest BCUT2D eigenvalue weighted by Gasteiger charge is 2.03. The lowest BCUT2D eigenvalue weighted by Gasteiger charge is -2.12. The smallest absolute Gasteiger partial charge is 0.0897 e. The van der Waals surface area contributed by atoms with E-state index >= 15 is 0 Å². The molecule has 0 aliphatic rings. The standard InChI is InChI=1S/C23H49NO2/c1-3-5-7-9-11-12-13-14-16-18-20-26-22-23(25)21-24-19-17-15-10-8-6-4-2/h23-25H,3-22H2,1-2H3. The van der Waals surface area contributed by atoms with E-state index in [0.717, 1.165) is 19.6 Å². The summed E-state index contributed by atoms with van der Waals surface area (Å²) in [6, 6.07) is 0. The van der Waals surface area contributed by atoms with Crippen LogP contribution in [0.2, 0.25) is 0 Å². The molecular weight excluding hydrogens is 322 g/mol. The summed E-state index contributed by atoms with van der Waals surface area (Å²) in [7, 11) is 0. The first-order valence-electron chi connectivity index (χ1n) is 11.8. The van der Waals surface area contributed by atoms with Crippen LogP contribution in [0.1, 0.15) is 117 Å².